The number of halogens is 2. The molecule has 2 aromatic rings. The Hall–Kier alpha value is -1.59. The number of benzene rings is 1. The number of nitrogens with zero attached hydrogens (tertiary/aromatic N) is 1. The molecule has 0 bridgehead atoms. The number of carbonyl (C=O) groups is 1. The first kappa shape index (κ1) is 15.8. The van der Waals surface area contributed by atoms with E-state index in [0.29, 0.717) is 11.6 Å². The van der Waals surface area contributed by atoms with E-state index in [-0.39, 0.29) is 17.9 Å². The SMILES string of the molecule is Cc1cc(Cl)ccc1NC(=O)CCn1cc(Br)ccc1=O. The Bertz CT molecular complexity index is 728. The van der Waals surface area contributed by atoms with Crippen molar-refractivity contribution in [3.8, 4) is 0 Å². The maximum atomic E-state index is 11.9. The highest BCUT2D eigenvalue weighted by atomic mass is 79.9. The standard InChI is InChI=1S/C15H14BrClN2O2/c1-10-8-12(17)3-4-13(10)18-14(20)6-7-19-9-11(16)2-5-15(19)21/h2-5,8-9H,6-7H2,1H3,(H,18,20). The summed E-state index contributed by atoms with van der Waals surface area (Å²) in [6.07, 6.45) is 1.89. The number of hydrogen-bond donors (Lipinski definition) is 1. The highest BCUT2D eigenvalue weighted by molar-refractivity contribution is 9.10. The highest BCUT2D eigenvalue weighted by Gasteiger charge is 2.06. The van der Waals surface area contributed by atoms with Gasteiger partial charge in [-0.05, 0) is 52.7 Å². The third kappa shape index (κ3) is 4.44. The lowest BCUT2D eigenvalue weighted by Crippen LogP contribution is -2.22. The molecule has 1 aromatic heterocycles. The van der Waals surface area contributed by atoms with E-state index in [1.54, 1.807) is 30.5 Å². The van der Waals surface area contributed by atoms with Crippen molar-refractivity contribution in [3.05, 3.63) is 61.9 Å². The fourth-order valence-corrected chi connectivity index (χ4v) is 2.48. The molecule has 1 amide bonds. The minimum Gasteiger partial charge on any atom is -0.326 e. The van der Waals surface area contributed by atoms with Crippen LogP contribution in [0.15, 0.2) is 45.8 Å². The van der Waals surface area contributed by atoms with Gasteiger partial charge in [0.05, 0.1) is 0 Å². The maximum Gasteiger partial charge on any atom is 0.250 e. The fourth-order valence-electron chi connectivity index (χ4n) is 1.88. The molecular weight excluding hydrogens is 356 g/mol. The normalized spacial score (nSPS) is 10.4. The molecule has 1 heterocycles. The average Bonchev–Trinajstić information content (AvgIpc) is 2.43. The van der Waals surface area contributed by atoms with Gasteiger partial charge >= 0.3 is 0 Å². The summed E-state index contributed by atoms with van der Waals surface area (Å²) in [7, 11) is 0. The van der Waals surface area contributed by atoms with Crippen molar-refractivity contribution in [1.82, 2.24) is 4.57 Å². The second-order valence-electron chi connectivity index (χ2n) is 4.64. The molecule has 0 atom stereocenters. The molecule has 0 aliphatic heterocycles. The van der Waals surface area contributed by atoms with E-state index < -0.39 is 0 Å². The summed E-state index contributed by atoms with van der Waals surface area (Å²) in [5, 5.41) is 3.45. The molecule has 4 nitrogen and oxygen atoms in total. The Labute approximate surface area is 135 Å². The number of hydrogen-bond acceptors (Lipinski definition) is 2. The van der Waals surface area contributed by atoms with Crippen LogP contribution < -0.4 is 10.9 Å². The van der Waals surface area contributed by atoms with Gasteiger partial charge in [-0.2, -0.15) is 0 Å². The molecule has 0 radical (unpaired) electrons. The maximum absolute atomic E-state index is 11.9. The van der Waals surface area contributed by atoms with Crippen LogP contribution in [-0.4, -0.2) is 10.5 Å². The smallest absolute Gasteiger partial charge is 0.250 e. The first-order valence-electron chi connectivity index (χ1n) is 6.38. The number of anilines is 1. The van der Waals surface area contributed by atoms with Gasteiger partial charge in [-0.15, -0.1) is 0 Å². The minimum absolute atomic E-state index is 0.131. The monoisotopic (exact) mass is 368 g/mol. The number of nitrogens with one attached hydrogen (secondary N) is 1. The van der Waals surface area contributed by atoms with Crippen LogP contribution >= 0.6 is 27.5 Å². The predicted molar refractivity (Wildman–Crippen MR) is 87.8 cm³/mol. The van der Waals surface area contributed by atoms with E-state index in [4.69, 9.17) is 11.6 Å². The van der Waals surface area contributed by atoms with Crippen LogP contribution in [0.4, 0.5) is 5.69 Å². The Morgan fingerprint density at radius 1 is 1.33 bits per heavy atom. The largest absolute Gasteiger partial charge is 0.326 e. The zero-order valence-corrected chi connectivity index (χ0v) is 13.7. The number of aromatic nitrogens is 1. The molecular formula is C15H14BrClN2O2. The topological polar surface area (TPSA) is 51.1 Å². The molecule has 0 spiro atoms. The minimum atomic E-state index is -0.146. The molecule has 0 fully saturated rings. The van der Waals surface area contributed by atoms with Gasteiger partial charge in [-0.1, -0.05) is 11.6 Å². The van der Waals surface area contributed by atoms with Crippen LogP contribution in [0.5, 0.6) is 0 Å². The summed E-state index contributed by atoms with van der Waals surface area (Å²) < 4.78 is 2.30. The van der Waals surface area contributed by atoms with Gasteiger partial charge in [0, 0.05) is 40.4 Å². The van der Waals surface area contributed by atoms with Crippen molar-refractivity contribution in [2.75, 3.05) is 5.32 Å². The van der Waals surface area contributed by atoms with Crippen molar-refractivity contribution in [2.24, 2.45) is 0 Å². The lowest BCUT2D eigenvalue weighted by atomic mass is 10.2. The van der Waals surface area contributed by atoms with Crippen molar-refractivity contribution in [2.45, 2.75) is 19.9 Å². The first-order chi connectivity index (χ1) is 9.95. The lowest BCUT2D eigenvalue weighted by molar-refractivity contribution is -0.116. The van der Waals surface area contributed by atoms with E-state index >= 15 is 0 Å². The van der Waals surface area contributed by atoms with Gasteiger partial charge in [0.25, 0.3) is 5.56 Å². The summed E-state index contributed by atoms with van der Waals surface area (Å²) in [5.74, 6) is -0.146. The van der Waals surface area contributed by atoms with Crippen LogP contribution in [0, 0.1) is 6.92 Å². The average molecular weight is 370 g/mol. The van der Waals surface area contributed by atoms with Crippen molar-refractivity contribution in [1.29, 1.82) is 0 Å². The van der Waals surface area contributed by atoms with Gasteiger partial charge < -0.3 is 9.88 Å². The van der Waals surface area contributed by atoms with Crippen LogP contribution in [0.1, 0.15) is 12.0 Å². The molecule has 0 aliphatic rings. The number of rotatable bonds is 4. The molecule has 0 unspecified atom stereocenters. The van der Waals surface area contributed by atoms with Crippen LogP contribution in [0.25, 0.3) is 0 Å². The predicted octanol–water partition coefficient (Wildman–Crippen LogP) is 3.60. The zero-order valence-electron chi connectivity index (χ0n) is 11.4. The van der Waals surface area contributed by atoms with Crippen molar-refractivity contribution >= 4 is 39.1 Å². The Morgan fingerprint density at radius 2 is 2.10 bits per heavy atom. The van der Waals surface area contributed by atoms with Gasteiger partial charge in [0.15, 0.2) is 0 Å². The van der Waals surface area contributed by atoms with E-state index in [0.717, 1.165) is 15.7 Å². The summed E-state index contributed by atoms with van der Waals surface area (Å²) >= 11 is 9.17. The molecule has 1 N–H and O–H groups in total. The molecule has 21 heavy (non-hydrogen) atoms. The van der Waals surface area contributed by atoms with Crippen molar-refractivity contribution < 1.29 is 4.79 Å². The summed E-state index contributed by atoms with van der Waals surface area (Å²) in [6, 6.07) is 8.42. The lowest BCUT2D eigenvalue weighted by Gasteiger charge is -2.09. The second-order valence-corrected chi connectivity index (χ2v) is 5.99. The third-order valence-corrected chi connectivity index (χ3v) is 3.69. The third-order valence-electron chi connectivity index (χ3n) is 2.99. The molecule has 0 saturated heterocycles. The Kier molecular flexibility index (Phi) is 5.20. The molecule has 110 valence electrons. The Balaban J connectivity index is 1.99. The summed E-state index contributed by atoms with van der Waals surface area (Å²) in [4.78, 5) is 23.6. The van der Waals surface area contributed by atoms with Crippen LogP contribution in [-0.2, 0) is 11.3 Å². The zero-order chi connectivity index (χ0) is 15.4. The number of pyridine rings is 1. The number of aryl methyl sites for hydroxylation is 2. The summed E-state index contributed by atoms with van der Waals surface area (Å²) in [5.41, 5.74) is 1.50. The van der Waals surface area contributed by atoms with E-state index in [1.807, 2.05) is 6.92 Å². The molecule has 2 rings (SSSR count). The molecule has 0 saturated carbocycles. The fraction of sp³-hybridized carbons (Fsp3) is 0.200. The number of carbonyl (C=O) groups excluding carboxylic acids is 1. The van der Waals surface area contributed by atoms with Gasteiger partial charge in [0.1, 0.15) is 0 Å². The van der Waals surface area contributed by atoms with E-state index in [9.17, 15) is 9.59 Å². The van der Waals surface area contributed by atoms with Crippen LogP contribution in [0.2, 0.25) is 5.02 Å². The quantitative estimate of drug-likeness (QED) is 0.895. The van der Waals surface area contributed by atoms with E-state index in [2.05, 4.69) is 21.2 Å². The van der Waals surface area contributed by atoms with Gasteiger partial charge in [0.2, 0.25) is 5.91 Å². The highest BCUT2D eigenvalue weighted by Crippen LogP contribution is 2.19. The Morgan fingerprint density at radius 3 is 2.81 bits per heavy atom. The van der Waals surface area contributed by atoms with Crippen LogP contribution in [0.3, 0.4) is 0 Å². The molecule has 1 aromatic carbocycles. The van der Waals surface area contributed by atoms with E-state index in [1.165, 1.54) is 10.6 Å². The van der Waals surface area contributed by atoms with Crippen molar-refractivity contribution in [3.63, 3.8) is 0 Å². The first-order valence-corrected chi connectivity index (χ1v) is 7.55. The number of amides is 1. The molecule has 6 heteroatoms. The van der Waals surface area contributed by atoms with Gasteiger partial charge in [-0.3, -0.25) is 9.59 Å². The molecule has 0 aliphatic carbocycles. The van der Waals surface area contributed by atoms with Gasteiger partial charge in [-0.25, -0.2) is 0 Å². The second kappa shape index (κ2) is 6.91. The summed E-state index contributed by atoms with van der Waals surface area (Å²) in [6.45, 7) is 2.21.